The minimum atomic E-state index is -0.711. The Bertz CT molecular complexity index is 687. The number of carbonyl (C=O) groups is 1. The van der Waals surface area contributed by atoms with E-state index in [1.54, 1.807) is 37.1 Å². The minimum Gasteiger partial charge on any atom is -0.461 e. The molecule has 0 saturated heterocycles. The predicted octanol–water partition coefficient (Wildman–Crippen LogP) is 0.705. The SMILES string of the molecule is CCOC(=O)c1nn(-c2ccn(C)n2)cc(CC)c1=O. The van der Waals surface area contributed by atoms with Gasteiger partial charge in [0.2, 0.25) is 11.1 Å². The molecule has 2 aromatic heterocycles. The van der Waals surface area contributed by atoms with Crippen LogP contribution in [0.15, 0.2) is 23.3 Å². The number of carbonyl (C=O) groups excluding carboxylic acids is 1. The summed E-state index contributed by atoms with van der Waals surface area (Å²) in [5.41, 5.74) is -0.108. The summed E-state index contributed by atoms with van der Waals surface area (Å²) in [7, 11) is 1.78. The maximum Gasteiger partial charge on any atom is 0.362 e. The molecule has 0 amide bonds. The summed E-state index contributed by atoms with van der Waals surface area (Å²) in [6.45, 7) is 3.72. The third-order valence-corrected chi connectivity index (χ3v) is 2.78. The van der Waals surface area contributed by atoms with Crippen LogP contribution in [0, 0.1) is 0 Å². The second-order valence-corrected chi connectivity index (χ2v) is 4.20. The first-order chi connectivity index (χ1) is 9.56. The van der Waals surface area contributed by atoms with E-state index in [0.29, 0.717) is 17.8 Å². The third kappa shape index (κ3) is 2.61. The molecule has 7 nitrogen and oxygen atoms in total. The van der Waals surface area contributed by atoms with Crippen LogP contribution in [0.25, 0.3) is 5.82 Å². The van der Waals surface area contributed by atoms with Gasteiger partial charge in [-0.3, -0.25) is 9.48 Å². The van der Waals surface area contributed by atoms with Crippen LogP contribution >= 0.6 is 0 Å². The number of esters is 1. The highest BCUT2D eigenvalue weighted by atomic mass is 16.5. The molecule has 0 aliphatic heterocycles. The lowest BCUT2D eigenvalue weighted by atomic mass is 10.2. The fourth-order valence-electron chi connectivity index (χ4n) is 1.77. The predicted molar refractivity (Wildman–Crippen MR) is 71.9 cm³/mol. The zero-order valence-corrected chi connectivity index (χ0v) is 11.7. The third-order valence-electron chi connectivity index (χ3n) is 2.78. The molecule has 0 aromatic carbocycles. The number of aromatic nitrogens is 4. The Morgan fingerprint density at radius 2 is 2.10 bits per heavy atom. The van der Waals surface area contributed by atoms with Crippen molar-refractivity contribution in [2.75, 3.05) is 6.61 Å². The van der Waals surface area contributed by atoms with Gasteiger partial charge >= 0.3 is 5.97 Å². The molecule has 0 unspecified atom stereocenters. The first kappa shape index (κ1) is 14.0. The highest BCUT2D eigenvalue weighted by molar-refractivity contribution is 5.87. The summed E-state index contributed by atoms with van der Waals surface area (Å²) < 4.78 is 7.90. The molecule has 7 heteroatoms. The number of hydrogen-bond donors (Lipinski definition) is 0. The van der Waals surface area contributed by atoms with Crippen molar-refractivity contribution in [3.63, 3.8) is 0 Å². The topological polar surface area (TPSA) is 79.0 Å². The Morgan fingerprint density at radius 1 is 1.35 bits per heavy atom. The van der Waals surface area contributed by atoms with Crippen molar-refractivity contribution in [1.29, 1.82) is 0 Å². The first-order valence-corrected chi connectivity index (χ1v) is 6.36. The monoisotopic (exact) mass is 276 g/mol. The lowest BCUT2D eigenvalue weighted by molar-refractivity contribution is 0.0515. The molecular weight excluding hydrogens is 260 g/mol. The van der Waals surface area contributed by atoms with E-state index in [1.165, 1.54) is 4.68 Å². The standard InChI is InChI=1S/C13H16N4O3/c1-4-9-8-17(10-6-7-16(3)14-10)15-11(12(9)18)13(19)20-5-2/h6-8H,4-5H2,1-3H3. The maximum atomic E-state index is 12.1. The van der Waals surface area contributed by atoms with Crippen LogP contribution in [-0.2, 0) is 18.2 Å². The summed E-state index contributed by atoms with van der Waals surface area (Å²) in [4.78, 5) is 23.9. The highest BCUT2D eigenvalue weighted by Gasteiger charge is 2.18. The molecule has 0 saturated carbocycles. The summed E-state index contributed by atoms with van der Waals surface area (Å²) >= 11 is 0. The van der Waals surface area contributed by atoms with Gasteiger partial charge in [-0.15, -0.1) is 0 Å². The molecule has 0 atom stereocenters. The quantitative estimate of drug-likeness (QED) is 0.768. The minimum absolute atomic E-state index is 0.194. The zero-order valence-electron chi connectivity index (χ0n) is 11.7. The summed E-state index contributed by atoms with van der Waals surface area (Å²) in [5, 5.41) is 8.23. The van der Waals surface area contributed by atoms with Gasteiger partial charge in [-0.2, -0.15) is 10.2 Å². The molecule has 2 heterocycles. The van der Waals surface area contributed by atoms with Crippen LogP contribution in [0.1, 0.15) is 29.9 Å². The van der Waals surface area contributed by atoms with Crippen LogP contribution in [0.3, 0.4) is 0 Å². The lowest BCUT2D eigenvalue weighted by Gasteiger charge is -2.07. The van der Waals surface area contributed by atoms with Crippen LogP contribution in [0.2, 0.25) is 0 Å². The normalized spacial score (nSPS) is 10.6. The van der Waals surface area contributed by atoms with Gasteiger partial charge in [-0.25, -0.2) is 9.48 Å². The molecule has 2 aromatic rings. The molecule has 2 rings (SSSR count). The van der Waals surface area contributed by atoms with Gasteiger partial charge in [0.1, 0.15) is 0 Å². The first-order valence-electron chi connectivity index (χ1n) is 6.36. The number of hydrogen-bond acceptors (Lipinski definition) is 5. The van der Waals surface area contributed by atoms with Crippen LogP contribution < -0.4 is 5.43 Å². The fourth-order valence-corrected chi connectivity index (χ4v) is 1.77. The van der Waals surface area contributed by atoms with E-state index in [1.807, 2.05) is 6.92 Å². The molecule has 0 aliphatic rings. The molecular formula is C13H16N4O3. The number of aryl methyl sites for hydroxylation is 2. The van der Waals surface area contributed by atoms with E-state index in [4.69, 9.17) is 4.74 Å². The van der Waals surface area contributed by atoms with E-state index >= 15 is 0 Å². The van der Waals surface area contributed by atoms with E-state index in [9.17, 15) is 9.59 Å². The number of rotatable bonds is 4. The molecule has 0 radical (unpaired) electrons. The van der Waals surface area contributed by atoms with Crippen molar-refractivity contribution < 1.29 is 9.53 Å². The van der Waals surface area contributed by atoms with Crippen molar-refractivity contribution in [1.82, 2.24) is 19.6 Å². The second-order valence-electron chi connectivity index (χ2n) is 4.20. The van der Waals surface area contributed by atoms with Crippen molar-refractivity contribution in [3.8, 4) is 5.82 Å². The van der Waals surface area contributed by atoms with Crippen molar-refractivity contribution in [2.45, 2.75) is 20.3 Å². The van der Waals surface area contributed by atoms with Crippen molar-refractivity contribution >= 4 is 5.97 Å². The average Bonchev–Trinajstić information content (AvgIpc) is 2.86. The van der Waals surface area contributed by atoms with E-state index in [-0.39, 0.29) is 12.3 Å². The Labute approximate surface area is 115 Å². The van der Waals surface area contributed by atoms with Crippen LogP contribution in [-0.4, -0.2) is 32.1 Å². The Balaban J connectivity index is 2.57. The molecule has 0 bridgehead atoms. The zero-order chi connectivity index (χ0) is 14.7. The van der Waals surface area contributed by atoms with Crippen molar-refractivity contribution in [3.05, 3.63) is 39.9 Å². The van der Waals surface area contributed by atoms with E-state index < -0.39 is 11.4 Å². The second kappa shape index (κ2) is 5.68. The maximum absolute atomic E-state index is 12.1. The van der Waals surface area contributed by atoms with Gasteiger partial charge in [-0.1, -0.05) is 6.92 Å². The molecule has 106 valence electrons. The Morgan fingerprint density at radius 3 is 2.65 bits per heavy atom. The summed E-state index contributed by atoms with van der Waals surface area (Å²) in [6.07, 6.45) is 3.85. The molecule has 0 fully saturated rings. The van der Waals surface area contributed by atoms with Crippen molar-refractivity contribution in [2.24, 2.45) is 7.05 Å². The van der Waals surface area contributed by atoms with Gasteiger partial charge in [0.25, 0.3) is 0 Å². The van der Waals surface area contributed by atoms with Gasteiger partial charge in [-0.05, 0) is 13.3 Å². The Kier molecular flexibility index (Phi) is 3.97. The van der Waals surface area contributed by atoms with Gasteiger partial charge in [0.15, 0.2) is 5.82 Å². The molecule has 0 aliphatic carbocycles. The summed E-state index contributed by atoms with van der Waals surface area (Å²) in [6, 6.07) is 1.74. The van der Waals surface area contributed by atoms with Gasteiger partial charge in [0, 0.05) is 31.1 Å². The van der Waals surface area contributed by atoms with Gasteiger partial charge in [0.05, 0.1) is 6.61 Å². The van der Waals surface area contributed by atoms with E-state index in [0.717, 1.165) is 0 Å². The Hall–Kier alpha value is -2.44. The van der Waals surface area contributed by atoms with E-state index in [2.05, 4.69) is 10.2 Å². The fraction of sp³-hybridized carbons (Fsp3) is 0.385. The summed E-state index contributed by atoms with van der Waals surface area (Å²) in [5.74, 6) is -0.176. The number of nitrogens with zero attached hydrogens (tertiary/aromatic N) is 4. The van der Waals surface area contributed by atoms with Gasteiger partial charge < -0.3 is 4.74 Å². The molecule has 0 spiro atoms. The highest BCUT2D eigenvalue weighted by Crippen LogP contribution is 2.05. The lowest BCUT2D eigenvalue weighted by Crippen LogP contribution is -2.26. The number of ether oxygens (including phenoxy) is 1. The van der Waals surface area contributed by atoms with Crippen LogP contribution in [0.4, 0.5) is 0 Å². The largest absolute Gasteiger partial charge is 0.461 e. The average molecular weight is 276 g/mol. The smallest absolute Gasteiger partial charge is 0.362 e. The molecule has 0 N–H and O–H groups in total. The molecule has 20 heavy (non-hydrogen) atoms. The van der Waals surface area contributed by atoms with Crippen LogP contribution in [0.5, 0.6) is 0 Å².